The highest BCUT2D eigenvalue weighted by Crippen LogP contribution is 2.26. The van der Waals surface area contributed by atoms with Crippen molar-refractivity contribution in [3.05, 3.63) is 53.9 Å². The van der Waals surface area contributed by atoms with Crippen LogP contribution in [-0.4, -0.2) is 21.9 Å². The lowest BCUT2D eigenvalue weighted by Crippen LogP contribution is -1.97. The lowest BCUT2D eigenvalue weighted by atomic mass is 10.1. The number of nitrogens with zero attached hydrogens (tertiary/aromatic N) is 2. The number of aromatic nitrogens is 2. The van der Waals surface area contributed by atoms with Crippen LogP contribution in [0.2, 0.25) is 0 Å². The Bertz CT molecular complexity index is 778. The van der Waals surface area contributed by atoms with Gasteiger partial charge in [0.15, 0.2) is 0 Å². The number of fused-ring (bicyclic) bond motifs is 1. The first-order valence-electron chi connectivity index (χ1n) is 7.44. The SMILES string of the molecule is Cc1cccn2c(C)c(-c3ccc(OCCCCl)cc3)nc12. The number of pyridine rings is 1. The molecule has 2 heterocycles. The lowest BCUT2D eigenvalue weighted by Gasteiger charge is -2.06. The van der Waals surface area contributed by atoms with Crippen LogP contribution in [0.3, 0.4) is 0 Å². The van der Waals surface area contributed by atoms with Crippen LogP contribution in [0, 0.1) is 13.8 Å². The Labute approximate surface area is 135 Å². The van der Waals surface area contributed by atoms with Crippen molar-refractivity contribution in [3.63, 3.8) is 0 Å². The number of alkyl halides is 1. The molecule has 0 N–H and O–H groups in total. The molecule has 0 atom stereocenters. The van der Waals surface area contributed by atoms with Gasteiger partial charge in [0.25, 0.3) is 0 Å². The van der Waals surface area contributed by atoms with Gasteiger partial charge in [-0.1, -0.05) is 6.07 Å². The van der Waals surface area contributed by atoms with Gasteiger partial charge in [0.05, 0.1) is 12.3 Å². The van der Waals surface area contributed by atoms with E-state index >= 15 is 0 Å². The molecule has 3 nitrogen and oxygen atoms in total. The van der Waals surface area contributed by atoms with Gasteiger partial charge in [-0.25, -0.2) is 4.98 Å². The topological polar surface area (TPSA) is 26.5 Å². The molecule has 0 saturated carbocycles. The highest BCUT2D eigenvalue weighted by molar-refractivity contribution is 6.17. The Morgan fingerprint density at radius 2 is 1.91 bits per heavy atom. The van der Waals surface area contributed by atoms with Crippen molar-refractivity contribution in [2.24, 2.45) is 0 Å². The molecule has 0 amide bonds. The Kier molecular flexibility index (Phi) is 4.34. The minimum atomic E-state index is 0.623. The van der Waals surface area contributed by atoms with E-state index in [2.05, 4.69) is 48.7 Å². The van der Waals surface area contributed by atoms with Crippen LogP contribution in [0.15, 0.2) is 42.6 Å². The molecule has 0 radical (unpaired) electrons. The quantitative estimate of drug-likeness (QED) is 0.507. The van der Waals surface area contributed by atoms with Crippen molar-refractivity contribution in [1.82, 2.24) is 9.38 Å². The van der Waals surface area contributed by atoms with Crippen molar-refractivity contribution >= 4 is 17.2 Å². The van der Waals surface area contributed by atoms with Gasteiger partial charge in [0, 0.05) is 23.3 Å². The average molecular weight is 315 g/mol. The zero-order valence-electron chi connectivity index (χ0n) is 12.8. The molecule has 0 fully saturated rings. The Balaban J connectivity index is 1.91. The summed E-state index contributed by atoms with van der Waals surface area (Å²) < 4.78 is 7.77. The van der Waals surface area contributed by atoms with Gasteiger partial charge < -0.3 is 9.14 Å². The molecule has 2 aromatic heterocycles. The molecule has 0 saturated heterocycles. The van der Waals surface area contributed by atoms with Crippen molar-refractivity contribution < 1.29 is 4.74 Å². The van der Waals surface area contributed by atoms with E-state index in [4.69, 9.17) is 21.3 Å². The summed E-state index contributed by atoms with van der Waals surface area (Å²) in [5.41, 5.74) is 5.46. The molecule has 3 rings (SSSR count). The van der Waals surface area contributed by atoms with Crippen LogP contribution in [0.1, 0.15) is 17.7 Å². The third kappa shape index (κ3) is 2.81. The van der Waals surface area contributed by atoms with Crippen molar-refractivity contribution in [2.45, 2.75) is 20.3 Å². The largest absolute Gasteiger partial charge is 0.494 e. The summed E-state index contributed by atoms with van der Waals surface area (Å²) in [6, 6.07) is 12.2. The monoisotopic (exact) mass is 314 g/mol. The normalized spacial score (nSPS) is 11.0. The van der Waals surface area contributed by atoms with Crippen LogP contribution in [0.5, 0.6) is 5.75 Å². The summed E-state index contributed by atoms with van der Waals surface area (Å²) in [5, 5.41) is 0. The fourth-order valence-corrected chi connectivity index (χ4v) is 2.66. The highest BCUT2D eigenvalue weighted by atomic mass is 35.5. The van der Waals surface area contributed by atoms with Gasteiger partial charge in [-0.15, -0.1) is 11.6 Å². The number of aryl methyl sites for hydroxylation is 2. The number of rotatable bonds is 5. The van der Waals surface area contributed by atoms with E-state index in [1.807, 2.05) is 12.1 Å². The summed E-state index contributed by atoms with van der Waals surface area (Å²) in [7, 11) is 0. The summed E-state index contributed by atoms with van der Waals surface area (Å²) in [5.74, 6) is 1.49. The second-order valence-electron chi connectivity index (χ2n) is 5.35. The van der Waals surface area contributed by atoms with E-state index in [9.17, 15) is 0 Å². The maximum atomic E-state index is 5.65. The molecule has 0 aliphatic heterocycles. The van der Waals surface area contributed by atoms with E-state index < -0.39 is 0 Å². The molecule has 114 valence electrons. The summed E-state index contributed by atoms with van der Waals surface area (Å²) >= 11 is 5.65. The maximum Gasteiger partial charge on any atom is 0.140 e. The summed E-state index contributed by atoms with van der Waals surface area (Å²) in [6.45, 7) is 4.83. The third-order valence-corrected chi connectivity index (χ3v) is 4.03. The first kappa shape index (κ1) is 14.9. The minimum Gasteiger partial charge on any atom is -0.494 e. The number of halogens is 1. The van der Waals surface area contributed by atoms with Gasteiger partial charge in [-0.05, 0) is 56.2 Å². The maximum absolute atomic E-state index is 5.65. The van der Waals surface area contributed by atoms with Crippen LogP contribution >= 0.6 is 11.6 Å². The average Bonchev–Trinajstić information content (AvgIpc) is 2.87. The zero-order valence-corrected chi connectivity index (χ0v) is 13.6. The van der Waals surface area contributed by atoms with Crippen molar-refractivity contribution in [2.75, 3.05) is 12.5 Å². The van der Waals surface area contributed by atoms with E-state index in [1.165, 1.54) is 5.56 Å². The third-order valence-electron chi connectivity index (χ3n) is 3.76. The molecule has 0 bridgehead atoms. The fraction of sp³-hybridized carbons (Fsp3) is 0.278. The molecule has 0 aliphatic rings. The Hall–Kier alpha value is -2.00. The molecule has 4 heteroatoms. The minimum absolute atomic E-state index is 0.623. The Morgan fingerprint density at radius 1 is 1.14 bits per heavy atom. The number of benzene rings is 1. The first-order chi connectivity index (χ1) is 10.7. The van der Waals surface area contributed by atoms with Gasteiger partial charge in [-0.2, -0.15) is 0 Å². The van der Waals surface area contributed by atoms with E-state index in [0.29, 0.717) is 12.5 Å². The van der Waals surface area contributed by atoms with Crippen LogP contribution in [-0.2, 0) is 0 Å². The predicted molar refractivity (Wildman–Crippen MR) is 90.9 cm³/mol. The fourth-order valence-electron chi connectivity index (χ4n) is 2.55. The summed E-state index contributed by atoms with van der Waals surface area (Å²) in [4.78, 5) is 4.79. The summed E-state index contributed by atoms with van der Waals surface area (Å²) in [6.07, 6.45) is 2.91. The molecule has 22 heavy (non-hydrogen) atoms. The van der Waals surface area contributed by atoms with Crippen LogP contribution in [0.4, 0.5) is 0 Å². The van der Waals surface area contributed by atoms with E-state index in [1.54, 1.807) is 0 Å². The van der Waals surface area contributed by atoms with E-state index in [0.717, 1.165) is 34.8 Å². The number of hydrogen-bond donors (Lipinski definition) is 0. The molecular formula is C18H19ClN2O. The van der Waals surface area contributed by atoms with E-state index in [-0.39, 0.29) is 0 Å². The lowest BCUT2D eigenvalue weighted by molar-refractivity contribution is 0.318. The van der Waals surface area contributed by atoms with Crippen molar-refractivity contribution in [3.8, 4) is 17.0 Å². The Morgan fingerprint density at radius 3 is 2.59 bits per heavy atom. The number of ether oxygens (including phenoxy) is 1. The highest BCUT2D eigenvalue weighted by Gasteiger charge is 2.11. The number of imidazole rings is 1. The number of hydrogen-bond acceptors (Lipinski definition) is 2. The molecule has 3 aromatic rings. The smallest absolute Gasteiger partial charge is 0.140 e. The van der Waals surface area contributed by atoms with Crippen molar-refractivity contribution in [1.29, 1.82) is 0 Å². The molecule has 1 aromatic carbocycles. The van der Waals surface area contributed by atoms with Gasteiger partial charge >= 0.3 is 0 Å². The van der Waals surface area contributed by atoms with Gasteiger partial charge in [0.1, 0.15) is 11.4 Å². The molecule has 0 unspecified atom stereocenters. The first-order valence-corrected chi connectivity index (χ1v) is 7.97. The van der Waals surface area contributed by atoms with Crippen LogP contribution in [0.25, 0.3) is 16.9 Å². The van der Waals surface area contributed by atoms with Gasteiger partial charge in [0.2, 0.25) is 0 Å². The second-order valence-corrected chi connectivity index (χ2v) is 5.72. The second kappa shape index (κ2) is 6.41. The molecular weight excluding hydrogens is 296 g/mol. The predicted octanol–water partition coefficient (Wildman–Crippen LogP) is 4.63. The molecule has 0 spiro atoms. The zero-order chi connectivity index (χ0) is 15.5. The molecule has 0 aliphatic carbocycles. The standard InChI is InChI=1S/C18H19ClN2O/c1-13-5-3-11-21-14(2)17(20-18(13)21)15-6-8-16(9-7-15)22-12-4-10-19/h3,5-9,11H,4,10,12H2,1-2H3. The van der Waals surface area contributed by atoms with Crippen LogP contribution < -0.4 is 4.74 Å². The van der Waals surface area contributed by atoms with Gasteiger partial charge in [-0.3, -0.25) is 0 Å².